The van der Waals surface area contributed by atoms with Crippen LogP contribution in [0.2, 0.25) is 0 Å². The molecule has 1 heterocycles. The van der Waals surface area contributed by atoms with E-state index in [4.69, 9.17) is 18.6 Å². The number of thioether (sulfide) groups is 1. The quantitative estimate of drug-likeness (QED) is 0.522. The number of aromatic nitrogens is 2. The van der Waals surface area contributed by atoms with Crippen LogP contribution in [-0.4, -0.2) is 42.7 Å². The molecule has 9 heteroatoms. The van der Waals surface area contributed by atoms with Crippen molar-refractivity contribution in [1.29, 1.82) is 0 Å². The maximum absolute atomic E-state index is 12.5. The van der Waals surface area contributed by atoms with E-state index in [0.717, 1.165) is 4.90 Å². The summed E-state index contributed by atoms with van der Waals surface area (Å²) in [6, 6.07) is 10.7. The molecule has 0 aliphatic carbocycles. The Morgan fingerprint density at radius 2 is 1.63 bits per heavy atom. The molecular formula is C21H23N3O5S. The molecule has 0 aliphatic rings. The molecule has 3 aromatic rings. The lowest BCUT2D eigenvalue weighted by Gasteiger charge is -2.12. The lowest BCUT2D eigenvalue weighted by molar-refractivity contribution is 0.102. The second-order valence-electron chi connectivity index (χ2n) is 6.47. The van der Waals surface area contributed by atoms with Crippen molar-refractivity contribution in [3.63, 3.8) is 0 Å². The highest BCUT2D eigenvalue weighted by molar-refractivity contribution is 7.99. The van der Waals surface area contributed by atoms with Crippen molar-refractivity contribution in [1.82, 2.24) is 10.2 Å². The molecule has 0 saturated heterocycles. The average Bonchev–Trinajstić information content (AvgIpc) is 3.21. The highest BCUT2D eigenvalue weighted by Gasteiger charge is 2.18. The third-order valence-corrected chi connectivity index (χ3v) is 5.06. The normalized spacial score (nSPS) is 10.7. The van der Waals surface area contributed by atoms with Gasteiger partial charge >= 0.3 is 6.01 Å². The highest BCUT2D eigenvalue weighted by Crippen LogP contribution is 2.41. The number of methoxy groups -OCH3 is 3. The summed E-state index contributed by atoms with van der Waals surface area (Å²) >= 11 is 1.73. The Morgan fingerprint density at radius 1 is 1.00 bits per heavy atom. The molecule has 158 valence electrons. The number of carbonyl (C=O) groups is 1. The second kappa shape index (κ2) is 9.53. The van der Waals surface area contributed by atoms with Crippen LogP contribution in [0.5, 0.6) is 17.2 Å². The van der Waals surface area contributed by atoms with Crippen LogP contribution in [0.1, 0.15) is 24.2 Å². The van der Waals surface area contributed by atoms with Crippen molar-refractivity contribution in [2.24, 2.45) is 0 Å². The van der Waals surface area contributed by atoms with Crippen molar-refractivity contribution in [2.75, 3.05) is 26.6 Å². The number of anilines is 1. The van der Waals surface area contributed by atoms with Crippen LogP contribution >= 0.6 is 11.8 Å². The number of rotatable bonds is 8. The molecule has 1 amide bonds. The first kappa shape index (κ1) is 21.5. The van der Waals surface area contributed by atoms with E-state index in [9.17, 15) is 4.79 Å². The summed E-state index contributed by atoms with van der Waals surface area (Å²) in [6.45, 7) is 4.23. The maximum atomic E-state index is 12.5. The number of benzene rings is 2. The van der Waals surface area contributed by atoms with E-state index in [0.29, 0.717) is 33.6 Å². The van der Waals surface area contributed by atoms with E-state index in [1.54, 1.807) is 36.0 Å². The molecule has 8 nitrogen and oxygen atoms in total. The summed E-state index contributed by atoms with van der Waals surface area (Å²) < 4.78 is 21.6. The van der Waals surface area contributed by atoms with Gasteiger partial charge in [0.1, 0.15) is 0 Å². The smallest absolute Gasteiger partial charge is 0.322 e. The Labute approximate surface area is 178 Å². The fraction of sp³-hybridized carbons (Fsp3) is 0.286. The standard InChI is InChI=1S/C21H23N3O5S/c1-12(2)30-15-8-6-13(7-9-15)19(25)22-21-24-23-20(29-21)14-10-16(26-3)18(28-5)17(11-14)27-4/h6-12H,1-5H3,(H,22,24,25). The van der Waals surface area contributed by atoms with E-state index in [1.807, 2.05) is 12.1 Å². The molecule has 30 heavy (non-hydrogen) atoms. The van der Waals surface area contributed by atoms with Crippen LogP contribution in [0.25, 0.3) is 11.5 Å². The number of ether oxygens (including phenoxy) is 3. The summed E-state index contributed by atoms with van der Waals surface area (Å²) in [5.41, 5.74) is 1.06. The number of nitrogens with one attached hydrogen (secondary N) is 1. The van der Waals surface area contributed by atoms with Crippen molar-refractivity contribution in [3.05, 3.63) is 42.0 Å². The highest BCUT2D eigenvalue weighted by atomic mass is 32.2. The van der Waals surface area contributed by atoms with Crippen molar-refractivity contribution >= 4 is 23.7 Å². The minimum atomic E-state index is -0.337. The molecule has 1 N–H and O–H groups in total. The third-order valence-electron chi connectivity index (χ3n) is 4.05. The van der Waals surface area contributed by atoms with Crippen LogP contribution in [0.4, 0.5) is 6.01 Å². The van der Waals surface area contributed by atoms with Gasteiger partial charge in [-0.25, -0.2) is 0 Å². The summed E-state index contributed by atoms with van der Waals surface area (Å²) in [5.74, 6) is 1.23. The molecule has 0 saturated carbocycles. The van der Waals surface area contributed by atoms with Crippen LogP contribution in [0, 0.1) is 0 Å². The molecule has 0 spiro atoms. The lowest BCUT2D eigenvalue weighted by Crippen LogP contribution is -2.11. The van der Waals surface area contributed by atoms with Gasteiger partial charge in [-0.2, -0.15) is 0 Å². The third kappa shape index (κ3) is 4.85. The Hall–Kier alpha value is -3.20. The fourth-order valence-corrected chi connectivity index (χ4v) is 3.56. The zero-order valence-corrected chi connectivity index (χ0v) is 18.2. The number of hydrogen-bond acceptors (Lipinski definition) is 8. The molecule has 0 fully saturated rings. The summed E-state index contributed by atoms with van der Waals surface area (Å²) in [6.07, 6.45) is 0. The Morgan fingerprint density at radius 3 is 2.17 bits per heavy atom. The van der Waals surface area contributed by atoms with E-state index < -0.39 is 0 Å². The van der Waals surface area contributed by atoms with Crippen molar-refractivity contribution in [2.45, 2.75) is 24.0 Å². The van der Waals surface area contributed by atoms with E-state index >= 15 is 0 Å². The lowest BCUT2D eigenvalue weighted by atomic mass is 10.2. The van der Waals surface area contributed by atoms with Gasteiger partial charge in [-0.3, -0.25) is 10.1 Å². The Bertz CT molecular complexity index is 993. The monoisotopic (exact) mass is 429 g/mol. The van der Waals surface area contributed by atoms with Gasteiger partial charge in [0.05, 0.1) is 21.3 Å². The van der Waals surface area contributed by atoms with Crippen LogP contribution < -0.4 is 19.5 Å². The van der Waals surface area contributed by atoms with Gasteiger partial charge in [-0.15, -0.1) is 16.9 Å². The zero-order chi connectivity index (χ0) is 21.7. The molecule has 0 aliphatic heterocycles. The van der Waals surface area contributed by atoms with E-state index in [-0.39, 0.29) is 17.8 Å². The predicted molar refractivity (Wildman–Crippen MR) is 115 cm³/mol. The molecule has 0 unspecified atom stereocenters. The van der Waals surface area contributed by atoms with E-state index in [1.165, 1.54) is 21.3 Å². The van der Waals surface area contributed by atoms with Crippen molar-refractivity contribution < 1.29 is 23.4 Å². The van der Waals surface area contributed by atoms with Crippen molar-refractivity contribution in [3.8, 4) is 28.7 Å². The molecule has 1 aromatic heterocycles. The molecular weight excluding hydrogens is 406 g/mol. The minimum Gasteiger partial charge on any atom is -0.493 e. The summed E-state index contributed by atoms with van der Waals surface area (Å²) in [7, 11) is 4.56. The number of nitrogens with zero attached hydrogens (tertiary/aromatic N) is 2. The SMILES string of the molecule is COc1cc(-c2nnc(NC(=O)c3ccc(SC(C)C)cc3)o2)cc(OC)c1OC. The molecule has 3 rings (SSSR count). The van der Waals surface area contributed by atoms with Gasteiger partial charge < -0.3 is 18.6 Å². The minimum absolute atomic E-state index is 0.00983. The molecule has 0 atom stereocenters. The van der Waals surface area contributed by atoms with Gasteiger partial charge in [-0.1, -0.05) is 18.9 Å². The van der Waals surface area contributed by atoms with Gasteiger partial charge in [-0.05, 0) is 36.4 Å². The van der Waals surface area contributed by atoms with Gasteiger partial charge in [0, 0.05) is 21.3 Å². The molecule has 0 radical (unpaired) electrons. The van der Waals surface area contributed by atoms with Crippen LogP contribution in [0.3, 0.4) is 0 Å². The first-order valence-electron chi connectivity index (χ1n) is 9.17. The number of carbonyl (C=O) groups excluding carboxylic acids is 1. The van der Waals surface area contributed by atoms with Crippen LogP contribution in [0.15, 0.2) is 45.7 Å². The first-order chi connectivity index (χ1) is 14.4. The summed E-state index contributed by atoms with van der Waals surface area (Å²) in [4.78, 5) is 13.6. The van der Waals surface area contributed by atoms with Gasteiger partial charge in [0.2, 0.25) is 11.6 Å². The number of hydrogen-bond donors (Lipinski definition) is 1. The first-order valence-corrected chi connectivity index (χ1v) is 10.0. The Balaban J connectivity index is 1.77. The maximum Gasteiger partial charge on any atom is 0.322 e. The number of amides is 1. The topological polar surface area (TPSA) is 95.7 Å². The Kier molecular flexibility index (Phi) is 6.83. The fourth-order valence-electron chi connectivity index (χ4n) is 2.72. The zero-order valence-electron chi connectivity index (χ0n) is 17.4. The largest absolute Gasteiger partial charge is 0.493 e. The van der Waals surface area contributed by atoms with E-state index in [2.05, 4.69) is 29.4 Å². The summed E-state index contributed by atoms with van der Waals surface area (Å²) in [5, 5.41) is 11.0. The van der Waals surface area contributed by atoms with Gasteiger partial charge in [0.25, 0.3) is 5.91 Å². The predicted octanol–water partition coefficient (Wildman–Crippen LogP) is 4.52. The van der Waals surface area contributed by atoms with Gasteiger partial charge in [0.15, 0.2) is 11.5 Å². The van der Waals surface area contributed by atoms with Crippen LogP contribution in [-0.2, 0) is 0 Å². The second-order valence-corrected chi connectivity index (χ2v) is 8.12. The molecule has 0 bridgehead atoms. The molecule has 2 aromatic carbocycles. The average molecular weight is 429 g/mol.